The molecule has 0 saturated carbocycles. The second-order valence-electron chi connectivity index (χ2n) is 5.50. The van der Waals surface area contributed by atoms with Crippen LogP contribution in [-0.2, 0) is 16.1 Å². The summed E-state index contributed by atoms with van der Waals surface area (Å²) in [7, 11) is 1.61. The number of thiazole rings is 2. The predicted octanol–water partition coefficient (Wildman–Crippen LogP) is 3.15. The fourth-order valence-electron chi connectivity index (χ4n) is 2.38. The van der Waals surface area contributed by atoms with Crippen LogP contribution < -0.4 is 14.9 Å². The highest BCUT2D eigenvalue weighted by molar-refractivity contribution is 8.00. The van der Waals surface area contributed by atoms with Crippen molar-refractivity contribution >= 4 is 61.6 Å². The van der Waals surface area contributed by atoms with E-state index in [1.807, 2.05) is 22.8 Å². The van der Waals surface area contributed by atoms with Crippen molar-refractivity contribution in [3.63, 3.8) is 0 Å². The number of thioether (sulfide) groups is 1. The summed E-state index contributed by atoms with van der Waals surface area (Å²) in [5.41, 5.74) is 0.965. The number of amides is 2. The Morgan fingerprint density at radius 1 is 1.43 bits per heavy atom. The number of rotatable bonds is 8. The third-order valence-corrected chi connectivity index (χ3v) is 6.21. The minimum Gasteiger partial charge on any atom is -0.497 e. The van der Waals surface area contributed by atoms with Gasteiger partial charge in [-0.15, -0.1) is 29.7 Å². The molecule has 1 N–H and O–H groups in total. The number of anilines is 1. The number of carbonyl (C=O) groups excluding carboxylic acids is 2. The first-order valence-corrected chi connectivity index (χ1v) is 11.1. The third-order valence-electron chi connectivity index (χ3n) is 3.56. The van der Waals surface area contributed by atoms with E-state index in [1.54, 1.807) is 24.8 Å². The molecule has 10 heteroatoms. The second kappa shape index (κ2) is 9.67. The van der Waals surface area contributed by atoms with Gasteiger partial charge >= 0.3 is 0 Å². The molecule has 3 rings (SSSR count). The minimum absolute atomic E-state index is 0.122. The van der Waals surface area contributed by atoms with Crippen molar-refractivity contribution in [2.24, 2.45) is 4.99 Å². The van der Waals surface area contributed by atoms with Gasteiger partial charge in [-0.25, -0.2) is 4.98 Å². The number of nitrogens with zero attached hydrogens (tertiary/aromatic N) is 3. The molecule has 28 heavy (non-hydrogen) atoms. The predicted molar refractivity (Wildman–Crippen MR) is 115 cm³/mol. The van der Waals surface area contributed by atoms with E-state index in [0.29, 0.717) is 16.5 Å². The Morgan fingerprint density at radius 3 is 3.00 bits per heavy atom. The molecule has 0 radical (unpaired) electrons. The van der Waals surface area contributed by atoms with Gasteiger partial charge in [-0.2, -0.15) is 4.99 Å². The fourth-order valence-corrected chi connectivity index (χ4v) is 4.61. The van der Waals surface area contributed by atoms with Crippen LogP contribution in [0.4, 0.5) is 5.13 Å². The van der Waals surface area contributed by atoms with E-state index in [9.17, 15) is 9.59 Å². The summed E-state index contributed by atoms with van der Waals surface area (Å²) in [4.78, 5) is 32.9. The van der Waals surface area contributed by atoms with Crippen LogP contribution in [-0.4, -0.2) is 40.0 Å². The van der Waals surface area contributed by atoms with Crippen LogP contribution in [0, 0.1) is 0 Å². The molecule has 2 amide bonds. The first-order valence-electron chi connectivity index (χ1n) is 8.23. The molecule has 1 aromatic carbocycles. The summed E-state index contributed by atoms with van der Waals surface area (Å²) >= 11 is 3.98. The first kappa shape index (κ1) is 20.3. The lowest BCUT2D eigenvalue weighted by Gasteiger charge is -2.02. The number of allylic oxidation sites excluding steroid dienone is 1. The lowest BCUT2D eigenvalue weighted by Crippen LogP contribution is -2.18. The van der Waals surface area contributed by atoms with Crippen LogP contribution in [0.5, 0.6) is 5.75 Å². The Kier molecular flexibility index (Phi) is 7.01. The molecule has 146 valence electrons. The van der Waals surface area contributed by atoms with E-state index in [1.165, 1.54) is 34.4 Å². The summed E-state index contributed by atoms with van der Waals surface area (Å²) in [6.07, 6.45) is 3.38. The number of methoxy groups -OCH3 is 1. The summed E-state index contributed by atoms with van der Waals surface area (Å²) in [6, 6.07) is 5.73. The molecule has 0 aliphatic heterocycles. The number of ether oxygens (including phenoxy) is 1. The highest BCUT2D eigenvalue weighted by Gasteiger charge is 2.10. The Bertz CT molecular complexity index is 1050. The molecule has 2 heterocycles. The highest BCUT2D eigenvalue weighted by Crippen LogP contribution is 2.23. The molecule has 0 fully saturated rings. The number of carbonyl (C=O) groups is 2. The molecule has 0 atom stereocenters. The molecule has 0 aliphatic rings. The van der Waals surface area contributed by atoms with Crippen molar-refractivity contribution in [2.75, 3.05) is 23.9 Å². The number of hydrogen-bond acceptors (Lipinski definition) is 7. The molecule has 2 aromatic heterocycles. The number of fused-ring (bicyclic) bond motifs is 1. The number of benzene rings is 1. The quantitative estimate of drug-likeness (QED) is 0.551. The maximum atomic E-state index is 12.3. The Balaban J connectivity index is 1.68. The van der Waals surface area contributed by atoms with Crippen molar-refractivity contribution in [1.29, 1.82) is 0 Å². The molecule has 0 unspecified atom stereocenters. The van der Waals surface area contributed by atoms with Crippen LogP contribution in [0.25, 0.3) is 10.2 Å². The minimum atomic E-state index is -0.289. The molecule has 7 nitrogen and oxygen atoms in total. The highest BCUT2D eigenvalue weighted by atomic mass is 32.2. The van der Waals surface area contributed by atoms with Gasteiger partial charge in [0.25, 0.3) is 5.91 Å². The number of nitrogens with one attached hydrogen (secondary N) is 1. The maximum absolute atomic E-state index is 12.3. The normalized spacial score (nSPS) is 11.5. The van der Waals surface area contributed by atoms with E-state index >= 15 is 0 Å². The van der Waals surface area contributed by atoms with Crippen molar-refractivity contribution < 1.29 is 14.3 Å². The number of aromatic nitrogens is 2. The van der Waals surface area contributed by atoms with E-state index < -0.39 is 0 Å². The summed E-state index contributed by atoms with van der Waals surface area (Å²) in [6.45, 7) is 4.32. The largest absolute Gasteiger partial charge is 0.497 e. The third kappa shape index (κ3) is 5.09. The van der Waals surface area contributed by atoms with E-state index in [0.717, 1.165) is 16.0 Å². The molecular formula is C18H18N4O3S3. The Morgan fingerprint density at radius 2 is 2.29 bits per heavy atom. The Labute approximate surface area is 173 Å². The molecule has 3 aromatic rings. The summed E-state index contributed by atoms with van der Waals surface area (Å²) in [5, 5.41) is 5.01. The zero-order valence-electron chi connectivity index (χ0n) is 15.1. The monoisotopic (exact) mass is 434 g/mol. The topological polar surface area (TPSA) is 85.6 Å². The van der Waals surface area contributed by atoms with Gasteiger partial charge in [0.15, 0.2) is 9.93 Å². The standard InChI is InChI=1S/C18H18N4O3S3/c1-3-7-22-13-5-4-12(25-2)9-14(13)28-18(22)21-16(24)11-26-10-15(23)20-17-19-6-8-27-17/h3-6,8-9H,1,7,10-11H2,2H3,(H,19,20,23). The van der Waals surface area contributed by atoms with Crippen LogP contribution >= 0.6 is 34.4 Å². The lowest BCUT2D eigenvalue weighted by atomic mass is 10.3. The zero-order valence-corrected chi connectivity index (χ0v) is 17.5. The smallest absolute Gasteiger partial charge is 0.258 e. The van der Waals surface area contributed by atoms with Gasteiger partial charge in [0.2, 0.25) is 5.91 Å². The summed E-state index contributed by atoms with van der Waals surface area (Å²) in [5.74, 6) is 0.555. The van der Waals surface area contributed by atoms with Gasteiger partial charge in [-0.3, -0.25) is 9.59 Å². The molecule has 0 saturated heterocycles. The molecule has 0 spiro atoms. The second-order valence-corrected chi connectivity index (χ2v) is 8.39. The van der Waals surface area contributed by atoms with E-state index in [4.69, 9.17) is 4.74 Å². The fraction of sp³-hybridized carbons (Fsp3) is 0.222. The van der Waals surface area contributed by atoms with Gasteiger partial charge < -0.3 is 14.6 Å². The number of hydrogen-bond donors (Lipinski definition) is 1. The summed E-state index contributed by atoms with van der Waals surface area (Å²) < 4.78 is 8.17. The van der Waals surface area contributed by atoms with Gasteiger partial charge in [0.1, 0.15) is 5.75 Å². The van der Waals surface area contributed by atoms with Crippen molar-refractivity contribution in [3.8, 4) is 5.75 Å². The molecule has 0 aliphatic carbocycles. The molecular weight excluding hydrogens is 416 g/mol. The van der Waals surface area contributed by atoms with Crippen LogP contribution in [0.2, 0.25) is 0 Å². The van der Waals surface area contributed by atoms with E-state index in [-0.39, 0.29) is 23.3 Å². The van der Waals surface area contributed by atoms with Crippen molar-refractivity contribution in [2.45, 2.75) is 6.54 Å². The van der Waals surface area contributed by atoms with Crippen molar-refractivity contribution in [3.05, 3.63) is 47.2 Å². The Hall–Kier alpha value is -2.43. The van der Waals surface area contributed by atoms with Crippen LogP contribution in [0.1, 0.15) is 0 Å². The van der Waals surface area contributed by atoms with Gasteiger partial charge in [-0.05, 0) is 18.2 Å². The van der Waals surface area contributed by atoms with Gasteiger partial charge in [0, 0.05) is 18.1 Å². The molecule has 0 bridgehead atoms. The van der Waals surface area contributed by atoms with Crippen LogP contribution in [0.15, 0.2) is 47.4 Å². The lowest BCUT2D eigenvalue weighted by molar-refractivity contribution is -0.115. The van der Waals surface area contributed by atoms with E-state index in [2.05, 4.69) is 21.9 Å². The maximum Gasteiger partial charge on any atom is 0.258 e. The van der Waals surface area contributed by atoms with Gasteiger partial charge in [-0.1, -0.05) is 17.4 Å². The SMILES string of the molecule is C=CCn1c(=NC(=O)CSCC(=O)Nc2nccs2)sc2cc(OC)ccc21. The zero-order chi connectivity index (χ0) is 19.9. The first-order chi connectivity index (χ1) is 13.6. The average molecular weight is 435 g/mol. The van der Waals surface area contributed by atoms with Gasteiger partial charge in [0.05, 0.1) is 28.8 Å². The van der Waals surface area contributed by atoms with Crippen molar-refractivity contribution in [1.82, 2.24) is 9.55 Å². The van der Waals surface area contributed by atoms with Crippen LogP contribution in [0.3, 0.4) is 0 Å². The average Bonchev–Trinajstić information content (AvgIpc) is 3.29.